The average molecular weight is 237 g/mol. The van der Waals surface area contributed by atoms with E-state index in [1.54, 1.807) is 4.90 Å². The SMILES string of the molecule is C=CC(=O)N(CC(C)C)C1(C(=O)C(C)C)CC1. The fraction of sp³-hybridized carbons (Fsp3) is 0.714. The first kappa shape index (κ1) is 13.9. The van der Waals surface area contributed by atoms with Gasteiger partial charge in [0.1, 0.15) is 5.54 Å². The summed E-state index contributed by atoms with van der Waals surface area (Å²) in [5.41, 5.74) is -0.524. The van der Waals surface area contributed by atoms with E-state index in [0.717, 1.165) is 12.8 Å². The Morgan fingerprint density at radius 1 is 1.29 bits per heavy atom. The van der Waals surface area contributed by atoms with Crippen LogP contribution in [0, 0.1) is 11.8 Å². The molecule has 96 valence electrons. The number of hydrogen-bond donors (Lipinski definition) is 0. The van der Waals surface area contributed by atoms with Crippen LogP contribution in [0.3, 0.4) is 0 Å². The van der Waals surface area contributed by atoms with Crippen LogP contribution in [0.4, 0.5) is 0 Å². The molecule has 0 aliphatic heterocycles. The van der Waals surface area contributed by atoms with Crippen molar-refractivity contribution in [3.63, 3.8) is 0 Å². The van der Waals surface area contributed by atoms with Gasteiger partial charge in [-0.25, -0.2) is 0 Å². The Hall–Kier alpha value is -1.12. The molecule has 1 aliphatic rings. The number of carbonyl (C=O) groups excluding carboxylic acids is 2. The molecule has 17 heavy (non-hydrogen) atoms. The lowest BCUT2D eigenvalue weighted by Crippen LogP contribution is -2.49. The van der Waals surface area contributed by atoms with Crippen LogP contribution in [0.5, 0.6) is 0 Å². The van der Waals surface area contributed by atoms with Crippen LogP contribution in [0.25, 0.3) is 0 Å². The number of rotatable bonds is 6. The summed E-state index contributed by atoms with van der Waals surface area (Å²) in [5.74, 6) is 0.402. The van der Waals surface area contributed by atoms with E-state index in [1.807, 2.05) is 13.8 Å². The highest BCUT2D eigenvalue weighted by atomic mass is 16.2. The predicted molar refractivity (Wildman–Crippen MR) is 68.6 cm³/mol. The second-order valence-corrected chi connectivity index (χ2v) is 5.60. The van der Waals surface area contributed by atoms with Crippen molar-refractivity contribution < 1.29 is 9.59 Å². The first-order valence-electron chi connectivity index (χ1n) is 6.33. The zero-order valence-electron chi connectivity index (χ0n) is 11.3. The van der Waals surface area contributed by atoms with Gasteiger partial charge >= 0.3 is 0 Å². The number of nitrogens with zero attached hydrogens (tertiary/aromatic N) is 1. The lowest BCUT2D eigenvalue weighted by Gasteiger charge is -2.32. The van der Waals surface area contributed by atoms with Gasteiger partial charge in [-0.2, -0.15) is 0 Å². The van der Waals surface area contributed by atoms with Crippen LogP contribution >= 0.6 is 0 Å². The first-order valence-corrected chi connectivity index (χ1v) is 6.33. The van der Waals surface area contributed by atoms with Gasteiger partial charge < -0.3 is 4.90 Å². The maximum absolute atomic E-state index is 12.2. The van der Waals surface area contributed by atoms with E-state index in [-0.39, 0.29) is 17.6 Å². The zero-order chi connectivity index (χ0) is 13.2. The van der Waals surface area contributed by atoms with Crippen molar-refractivity contribution in [3.05, 3.63) is 12.7 Å². The van der Waals surface area contributed by atoms with Crippen molar-refractivity contribution in [2.24, 2.45) is 11.8 Å². The van der Waals surface area contributed by atoms with Crippen molar-refractivity contribution in [2.45, 2.75) is 46.1 Å². The Bertz CT molecular complexity index is 327. The van der Waals surface area contributed by atoms with E-state index < -0.39 is 5.54 Å². The highest BCUT2D eigenvalue weighted by Gasteiger charge is 2.55. The van der Waals surface area contributed by atoms with Crippen LogP contribution in [0.2, 0.25) is 0 Å². The van der Waals surface area contributed by atoms with E-state index in [9.17, 15) is 9.59 Å². The molecule has 1 rings (SSSR count). The van der Waals surface area contributed by atoms with Gasteiger partial charge in [0, 0.05) is 12.5 Å². The van der Waals surface area contributed by atoms with E-state index in [2.05, 4.69) is 20.4 Å². The molecule has 3 nitrogen and oxygen atoms in total. The quantitative estimate of drug-likeness (QED) is 0.665. The van der Waals surface area contributed by atoms with Crippen molar-refractivity contribution in [1.29, 1.82) is 0 Å². The van der Waals surface area contributed by atoms with E-state index in [0.29, 0.717) is 12.5 Å². The van der Waals surface area contributed by atoms with E-state index in [4.69, 9.17) is 0 Å². The van der Waals surface area contributed by atoms with Crippen LogP contribution in [0.15, 0.2) is 12.7 Å². The second-order valence-electron chi connectivity index (χ2n) is 5.60. The minimum absolute atomic E-state index is 0.0234. The fourth-order valence-corrected chi connectivity index (χ4v) is 2.26. The highest BCUT2D eigenvalue weighted by molar-refractivity contribution is 5.99. The zero-order valence-corrected chi connectivity index (χ0v) is 11.3. The Balaban J connectivity index is 2.94. The predicted octanol–water partition coefficient (Wildman–Crippen LogP) is 2.41. The van der Waals surface area contributed by atoms with Gasteiger partial charge in [-0.15, -0.1) is 0 Å². The van der Waals surface area contributed by atoms with Gasteiger partial charge in [-0.05, 0) is 24.8 Å². The van der Waals surface area contributed by atoms with Crippen LogP contribution in [-0.4, -0.2) is 28.7 Å². The van der Waals surface area contributed by atoms with Gasteiger partial charge in [0.05, 0.1) is 0 Å². The minimum atomic E-state index is -0.524. The monoisotopic (exact) mass is 237 g/mol. The Morgan fingerprint density at radius 3 is 2.12 bits per heavy atom. The number of carbonyl (C=O) groups is 2. The summed E-state index contributed by atoms with van der Waals surface area (Å²) in [4.78, 5) is 25.9. The largest absolute Gasteiger partial charge is 0.326 e. The number of hydrogen-bond acceptors (Lipinski definition) is 2. The third kappa shape index (κ3) is 2.76. The molecule has 0 unspecified atom stereocenters. The minimum Gasteiger partial charge on any atom is -0.326 e. The van der Waals surface area contributed by atoms with Gasteiger partial charge in [-0.1, -0.05) is 34.3 Å². The Morgan fingerprint density at radius 2 is 1.82 bits per heavy atom. The normalized spacial score (nSPS) is 17.1. The molecule has 0 N–H and O–H groups in total. The van der Waals surface area contributed by atoms with Crippen molar-refractivity contribution in [3.8, 4) is 0 Å². The molecule has 0 aromatic heterocycles. The van der Waals surface area contributed by atoms with Gasteiger partial charge in [0.2, 0.25) is 5.91 Å². The lowest BCUT2D eigenvalue weighted by molar-refractivity contribution is -0.139. The molecule has 1 fully saturated rings. The second kappa shape index (κ2) is 5.03. The molecule has 3 heteroatoms. The van der Waals surface area contributed by atoms with E-state index in [1.165, 1.54) is 6.08 Å². The van der Waals surface area contributed by atoms with Gasteiger partial charge in [-0.3, -0.25) is 9.59 Å². The van der Waals surface area contributed by atoms with Crippen LogP contribution < -0.4 is 0 Å². The Labute approximate surface area is 104 Å². The molecule has 0 saturated heterocycles. The summed E-state index contributed by atoms with van der Waals surface area (Å²) in [5, 5.41) is 0. The molecular weight excluding hydrogens is 214 g/mol. The maximum Gasteiger partial charge on any atom is 0.246 e. The van der Waals surface area contributed by atoms with Crippen molar-refractivity contribution in [1.82, 2.24) is 4.90 Å². The molecule has 0 radical (unpaired) electrons. The first-order chi connectivity index (χ1) is 7.85. The third-order valence-electron chi connectivity index (χ3n) is 3.21. The molecule has 1 saturated carbocycles. The molecule has 0 bridgehead atoms. The molecule has 0 aromatic carbocycles. The summed E-state index contributed by atoms with van der Waals surface area (Å²) >= 11 is 0. The number of Topliss-reactive ketones (excluding diaryl/α,β-unsaturated/α-hetero) is 1. The Kier molecular flexibility index (Phi) is 4.12. The average Bonchev–Trinajstić information content (AvgIpc) is 3.04. The molecule has 0 atom stereocenters. The summed E-state index contributed by atoms with van der Waals surface area (Å²) in [6.07, 6.45) is 2.92. The summed E-state index contributed by atoms with van der Waals surface area (Å²) in [7, 11) is 0. The van der Waals surface area contributed by atoms with E-state index >= 15 is 0 Å². The van der Waals surface area contributed by atoms with Gasteiger partial charge in [0.15, 0.2) is 5.78 Å². The number of amides is 1. The highest BCUT2D eigenvalue weighted by Crippen LogP contribution is 2.44. The standard InChI is InChI=1S/C14H23NO2/c1-6-12(16)15(9-10(2)3)14(7-8-14)13(17)11(4)5/h6,10-11H,1,7-9H2,2-5H3. The molecule has 0 heterocycles. The molecule has 1 amide bonds. The van der Waals surface area contributed by atoms with Crippen LogP contribution in [0.1, 0.15) is 40.5 Å². The van der Waals surface area contributed by atoms with Crippen LogP contribution in [-0.2, 0) is 9.59 Å². The van der Waals surface area contributed by atoms with Crippen molar-refractivity contribution in [2.75, 3.05) is 6.54 Å². The summed E-state index contributed by atoms with van der Waals surface area (Å²) < 4.78 is 0. The summed E-state index contributed by atoms with van der Waals surface area (Å²) in [6, 6.07) is 0. The fourth-order valence-electron chi connectivity index (χ4n) is 2.26. The van der Waals surface area contributed by atoms with Gasteiger partial charge in [0.25, 0.3) is 0 Å². The molecule has 0 spiro atoms. The molecular formula is C14H23NO2. The third-order valence-corrected chi connectivity index (χ3v) is 3.21. The lowest BCUT2D eigenvalue weighted by atomic mass is 9.97. The number of ketones is 1. The topological polar surface area (TPSA) is 37.4 Å². The smallest absolute Gasteiger partial charge is 0.246 e. The van der Waals surface area contributed by atoms with Crippen molar-refractivity contribution >= 4 is 11.7 Å². The maximum atomic E-state index is 12.2. The molecule has 0 aromatic rings. The summed E-state index contributed by atoms with van der Waals surface area (Å²) in [6.45, 7) is 12.1. The molecule has 1 aliphatic carbocycles.